The third-order valence-corrected chi connectivity index (χ3v) is 6.27. The second-order valence-corrected chi connectivity index (χ2v) is 8.20. The highest BCUT2D eigenvalue weighted by Gasteiger charge is 2.29. The fourth-order valence-electron chi connectivity index (χ4n) is 2.85. The van der Waals surface area contributed by atoms with Crippen molar-refractivity contribution in [1.29, 1.82) is 0 Å². The average Bonchev–Trinajstić information content (AvgIpc) is 3.24. The van der Waals surface area contributed by atoms with E-state index >= 15 is 0 Å². The molecular weight excluding hydrogens is 402 g/mol. The maximum Gasteiger partial charge on any atom is 0.295 e. The van der Waals surface area contributed by atoms with Crippen LogP contribution >= 0.6 is 0 Å². The summed E-state index contributed by atoms with van der Waals surface area (Å²) in [7, 11) is -3.78. The Kier molecular flexibility index (Phi) is 5.84. The summed E-state index contributed by atoms with van der Waals surface area (Å²) in [6.07, 6.45) is 2.86. The molecule has 29 heavy (non-hydrogen) atoms. The van der Waals surface area contributed by atoms with Crippen LogP contribution in [0.15, 0.2) is 52.5 Å². The number of hydrazone groups is 1. The first-order valence-electron chi connectivity index (χ1n) is 8.61. The number of hydrogen-bond acceptors (Lipinski definition) is 8. The van der Waals surface area contributed by atoms with E-state index in [-0.39, 0.29) is 16.3 Å². The Morgan fingerprint density at radius 2 is 1.66 bits per heavy atom. The van der Waals surface area contributed by atoms with Gasteiger partial charge in [0.05, 0.1) is 21.0 Å². The van der Waals surface area contributed by atoms with Crippen molar-refractivity contribution >= 4 is 33.3 Å². The second-order valence-electron chi connectivity index (χ2n) is 6.27. The lowest BCUT2D eigenvalue weighted by atomic mass is 10.2. The molecule has 2 aromatic rings. The Balaban J connectivity index is 1.80. The zero-order valence-electron chi connectivity index (χ0n) is 15.1. The van der Waals surface area contributed by atoms with Crippen molar-refractivity contribution in [2.75, 3.05) is 18.5 Å². The first-order valence-corrected chi connectivity index (χ1v) is 10.0. The van der Waals surface area contributed by atoms with E-state index in [1.807, 2.05) is 0 Å². The Bertz CT molecular complexity index is 1060. The van der Waals surface area contributed by atoms with Crippen LogP contribution in [0.1, 0.15) is 18.4 Å². The molecule has 11 nitrogen and oxygen atoms in total. The predicted octanol–water partition coefficient (Wildman–Crippen LogP) is 2.73. The normalized spacial score (nSPS) is 14.9. The Morgan fingerprint density at radius 1 is 1.00 bits per heavy atom. The van der Waals surface area contributed by atoms with Gasteiger partial charge in [-0.1, -0.05) is 0 Å². The number of sulfonamides is 1. The molecule has 152 valence electrons. The molecule has 0 saturated carbocycles. The maximum absolute atomic E-state index is 12.6. The van der Waals surface area contributed by atoms with E-state index in [0.29, 0.717) is 18.7 Å². The highest BCUT2D eigenvalue weighted by molar-refractivity contribution is 7.89. The number of rotatable bonds is 7. The average molecular weight is 419 g/mol. The van der Waals surface area contributed by atoms with Crippen LogP contribution in [0.2, 0.25) is 0 Å². The SMILES string of the molecule is O=[N+]([O-])c1ccc(C=NNc2ccc(S(=O)(=O)N3CCCC3)cc2[N+](=O)[O-])cc1. The van der Waals surface area contributed by atoms with Gasteiger partial charge in [0.1, 0.15) is 5.69 Å². The Labute approximate surface area is 166 Å². The van der Waals surface area contributed by atoms with Crippen molar-refractivity contribution in [3.63, 3.8) is 0 Å². The number of anilines is 1. The molecule has 0 amide bonds. The maximum atomic E-state index is 12.6. The van der Waals surface area contributed by atoms with Crippen LogP contribution in [0.3, 0.4) is 0 Å². The van der Waals surface area contributed by atoms with Crippen LogP contribution in [0.5, 0.6) is 0 Å². The van der Waals surface area contributed by atoms with Gasteiger partial charge in [0.2, 0.25) is 10.0 Å². The molecule has 0 atom stereocenters. The van der Waals surface area contributed by atoms with Crippen LogP contribution in [0.25, 0.3) is 0 Å². The summed E-state index contributed by atoms with van der Waals surface area (Å²) in [5, 5.41) is 25.9. The van der Waals surface area contributed by atoms with Crippen molar-refractivity contribution in [3.8, 4) is 0 Å². The van der Waals surface area contributed by atoms with Gasteiger partial charge in [-0.25, -0.2) is 8.42 Å². The van der Waals surface area contributed by atoms with Gasteiger partial charge in [-0.3, -0.25) is 25.7 Å². The van der Waals surface area contributed by atoms with Gasteiger partial charge < -0.3 is 0 Å². The van der Waals surface area contributed by atoms with Gasteiger partial charge in [-0.05, 0) is 42.7 Å². The monoisotopic (exact) mass is 419 g/mol. The number of benzene rings is 2. The summed E-state index contributed by atoms with van der Waals surface area (Å²) in [5.74, 6) is 0. The molecule has 0 aromatic heterocycles. The predicted molar refractivity (Wildman–Crippen MR) is 105 cm³/mol. The molecule has 0 spiro atoms. The molecule has 12 heteroatoms. The van der Waals surface area contributed by atoms with Crippen LogP contribution in [-0.2, 0) is 10.0 Å². The number of nitro groups is 2. The molecule has 0 aliphatic carbocycles. The van der Waals surface area contributed by atoms with Crippen LogP contribution in [0, 0.1) is 20.2 Å². The van der Waals surface area contributed by atoms with Crippen LogP contribution in [-0.4, -0.2) is 41.9 Å². The molecule has 3 rings (SSSR count). The summed E-state index contributed by atoms with van der Waals surface area (Å²) < 4.78 is 26.5. The van der Waals surface area contributed by atoms with Gasteiger partial charge in [-0.2, -0.15) is 9.41 Å². The Morgan fingerprint density at radius 3 is 2.24 bits per heavy atom. The van der Waals surface area contributed by atoms with Gasteiger partial charge in [0.25, 0.3) is 11.4 Å². The first-order chi connectivity index (χ1) is 13.8. The number of nitrogens with one attached hydrogen (secondary N) is 1. The van der Waals surface area contributed by atoms with Gasteiger partial charge in [-0.15, -0.1) is 0 Å². The lowest BCUT2D eigenvalue weighted by Gasteiger charge is -2.15. The van der Waals surface area contributed by atoms with Gasteiger partial charge in [0.15, 0.2) is 0 Å². The summed E-state index contributed by atoms with van der Waals surface area (Å²) in [6, 6.07) is 9.16. The zero-order chi connectivity index (χ0) is 21.0. The second kappa shape index (κ2) is 8.32. The van der Waals surface area contributed by atoms with Gasteiger partial charge >= 0.3 is 0 Å². The van der Waals surface area contributed by atoms with E-state index in [2.05, 4.69) is 10.5 Å². The van der Waals surface area contributed by atoms with Crippen LogP contribution < -0.4 is 5.43 Å². The molecule has 1 fully saturated rings. The summed E-state index contributed by atoms with van der Waals surface area (Å²) >= 11 is 0. The third-order valence-electron chi connectivity index (χ3n) is 4.37. The van der Waals surface area contributed by atoms with Crippen molar-refractivity contribution in [2.45, 2.75) is 17.7 Å². The number of non-ortho nitro benzene ring substituents is 1. The number of hydrogen-bond donors (Lipinski definition) is 1. The molecule has 0 bridgehead atoms. The number of nitrogens with zero attached hydrogens (tertiary/aromatic N) is 4. The number of nitro benzene ring substituents is 2. The molecule has 2 aromatic carbocycles. The zero-order valence-corrected chi connectivity index (χ0v) is 15.9. The van der Waals surface area contributed by atoms with E-state index in [0.717, 1.165) is 18.9 Å². The summed E-state index contributed by atoms with van der Waals surface area (Å²) in [6.45, 7) is 0.797. The van der Waals surface area contributed by atoms with Crippen LogP contribution in [0.4, 0.5) is 17.1 Å². The van der Waals surface area contributed by atoms with E-state index in [1.54, 1.807) is 0 Å². The fourth-order valence-corrected chi connectivity index (χ4v) is 4.39. The van der Waals surface area contributed by atoms with E-state index in [4.69, 9.17) is 0 Å². The smallest absolute Gasteiger partial charge is 0.272 e. The third kappa shape index (κ3) is 4.55. The minimum Gasteiger partial charge on any atom is -0.272 e. The fraction of sp³-hybridized carbons (Fsp3) is 0.235. The molecule has 1 aliphatic rings. The van der Waals surface area contributed by atoms with Crippen molar-refractivity contribution in [2.24, 2.45) is 5.10 Å². The lowest BCUT2D eigenvalue weighted by molar-refractivity contribution is -0.384. The van der Waals surface area contributed by atoms with E-state index in [9.17, 15) is 28.6 Å². The summed E-state index contributed by atoms with van der Waals surface area (Å²) in [5.41, 5.74) is 2.58. The molecule has 0 unspecified atom stereocenters. The minimum atomic E-state index is -3.78. The first kappa shape index (κ1) is 20.4. The van der Waals surface area contributed by atoms with Crippen molar-refractivity contribution in [3.05, 3.63) is 68.3 Å². The molecule has 1 saturated heterocycles. The van der Waals surface area contributed by atoms with E-state index in [1.165, 1.54) is 46.9 Å². The van der Waals surface area contributed by atoms with Gasteiger partial charge in [0, 0.05) is 31.3 Å². The molecule has 1 aliphatic heterocycles. The Hall–Kier alpha value is -3.38. The highest BCUT2D eigenvalue weighted by Crippen LogP contribution is 2.30. The van der Waals surface area contributed by atoms with Crippen molar-refractivity contribution < 1.29 is 18.3 Å². The molecular formula is C17H17N5O6S. The lowest BCUT2D eigenvalue weighted by Crippen LogP contribution is -2.27. The quantitative estimate of drug-likeness (QED) is 0.412. The standard InChI is InChI=1S/C17H17N5O6S/c23-21(24)14-5-3-13(4-6-14)12-18-19-16-8-7-15(11-17(16)22(25)26)29(27,28)20-9-1-2-10-20/h3-8,11-12,19H,1-2,9-10H2. The van der Waals surface area contributed by atoms with E-state index < -0.39 is 25.6 Å². The summed E-state index contributed by atoms with van der Waals surface area (Å²) in [4.78, 5) is 20.7. The molecule has 1 N–H and O–H groups in total. The highest BCUT2D eigenvalue weighted by atomic mass is 32.2. The van der Waals surface area contributed by atoms with Crippen molar-refractivity contribution in [1.82, 2.24) is 4.31 Å². The molecule has 1 heterocycles. The molecule has 0 radical (unpaired) electrons. The topological polar surface area (TPSA) is 148 Å². The minimum absolute atomic E-state index is 0.0218. The largest absolute Gasteiger partial charge is 0.295 e.